The highest BCUT2D eigenvalue weighted by Gasteiger charge is 2.39. The van der Waals surface area contributed by atoms with Gasteiger partial charge in [-0.3, -0.25) is 4.79 Å². The predicted molar refractivity (Wildman–Crippen MR) is 62.7 cm³/mol. The molecule has 0 saturated carbocycles. The van der Waals surface area contributed by atoms with E-state index in [0.717, 1.165) is 13.0 Å². The summed E-state index contributed by atoms with van der Waals surface area (Å²) in [6.45, 7) is 6.41. The van der Waals surface area contributed by atoms with Crippen LogP contribution >= 0.6 is 0 Å². The van der Waals surface area contributed by atoms with Crippen molar-refractivity contribution < 1.29 is 9.18 Å². The Labute approximate surface area is 101 Å². The van der Waals surface area contributed by atoms with Crippen molar-refractivity contribution in [2.24, 2.45) is 5.41 Å². The third-order valence-electron chi connectivity index (χ3n) is 3.00. The third kappa shape index (κ3) is 2.30. The maximum atomic E-state index is 13.0. The molecule has 0 spiro atoms. The van der Waals surface area contributed by atoms with E-state index in [4.69, 9.17) is 0 Å². The molecule has 1 fully saturated rings. The highest BCUT2D eigenvalue weighted by molar-refractivity contribution is 5.82. The van der Waals surface area contributed by atoms with Gasteiger partial charge in [-0.15, -0.1) is 0 Å². The van der Waals surface area contributed by atoms with Gasteiger partial charge in [0.15, 0.2) is 0 Å². The first kappa shape index (κ1) is 12.0. The van der Waals surface area contributed by atoms with Crippen molar-refractivity contribution in [1.29, 1.82) is 0 Å². The number of hydrogen-bond acceptors (Lipinski definition) is 2. The largest absolute Gasteiger partial charge is 0.333 e. The topological polar surface area (TPSA) is 33.2 Å². The molecule has 0 bridgehead atoms. The number of carbonyl (C=O) groups excluding carboxylic acids is 1. The molecule has 1 aliphatic heterocycles. The fourth-order valence-corrected chi connectivity index (χ4v) is 1.98. The van der Waals surface area contributed by atoms with E-state index in [-0.39, 0.29) is 11.9 Å². The number of amides is 1. The molecule has 1 aromatic heterocycles. The molecular weight excluding hydrogens is 219 g/mol. The molecule has 0 N–H and O–H groups in total. The summed E-state index contributed by atoms with van der Waals surface area (Å²) in [5, 5.41) is 0. The summed E-state index contributed by atoms with van der Waals surface area (Å²) in [5.41, 5.74) is 0.250. The maximum Gasteiger partial charge on any atom is 0.228 e. The molecule has 2 heterocycles. The zero-order chi connectivity index (χ0) is 12.6. The van der Waals surface area contributed by atoms with Gasteiger partial charge in [0.2, 0.25) is 11.9 Å². The Kier molecular flexibility index (Phi) is 2.89. The predicted octanol–water partition coefficient (Wildman–Crippen LogP) is 2.54. The zero-order valence-corrected chi connectivity index (χ0v) is 10.4. The van der Waals surface area contributed by atoms with Crippen LogP contribution in [0, 0.1) is 11.4 Å². The Hall–Kier alpha value is -1.45. The van der Waals surface area contributed by atoms with Gasteiger partial charge in [-0.1, -0.05) is 26.8 Å². The van der Waals surface area contributed by atoms with E-state index in [2.05, 4.69) is 4.98 Å². The van der Waals surface area contributed by atoms with E-state index >= 15 is 0 Å². The summed E-state index contributed by atoms with van der Waals surface area (Å²) >= 11 is 0. The van der Waals surface area contributed by atoms with E-state index in [0.29, 0.717) is 5.69 Å². The molecule has 1 unspecified atom stereocenters. The van der Waals surface area contributed by atoms with Crippen LogP contribution in [-0.4, -0.2) is 22.3 Å². The van der Waals surface area contributed by atoms with Crippen LogP contribution in [0.25, 0.3) is 0 Å². The first-order valence-electron chi connectivity index (χ1n) is 5.83. The van der Waals surface area contributed by atoms with Crippen molar-refractivity contribution in [1.82, 2.24) is 9.88 Å². The van der Waals surface area contributed by atoms with Crippen molar-refractivity contribution in [2.75, 3.05) is 6.54 Å². The maximum absolute atomic E-state index is 13.0. The van der Waals surface area contributed by atoms with Gasteiger partial charge in [-0.2, -0.15) is 4.39 Å². The number of nitrogens with zero attached hydrogens (tertiary/aromatic N) is 2. The van der Waals surface area contributed by atoms with Crippen molar-refractivity contribution in [2.45, 2.75) is 33.2 Å². The minimum Gasteiger partial charge on any atom is -0.333 e. The molecule has 3 nitrogen and oxygen atoms in total. The lowest BCUT2D eigenvalue weighted by molar-refractivity contribution is -0.148. The van der Waals surface area contributed by atoms with Crippen LogP contribution in [0.15, 0.2) is 18.2 Å². The molecule has 1 saturated heterocycles. The fourth-order valence-electron chi connectivity index (χ4n) is 1.98. The molecule has 4 heteroatoms. The van der Waals surface area contributed by atoms with Gasteiger partial charge in [0.05, 0.1) is 11.7 Å². The van der Waals surface area contributed by atoms with Crippen molar-refractivity contribution in [3.63, 3.8) is 0 Å². The molecule has 17 heavy (non-hydrogen) atoms. The molecular formula is C13H17FN2O. The average molecular weight is 236 g/mol. The molecule has 92 valence electrons. The Morgan fingerprint density at radius 1 is 1.47 bits per heavy atom. The van der Waals surface area contributed by atoms with Gasteiger partial charge in [-0.25, -0.2) is 4.98 Å². The van der Waals surface area contributed by atoms with Gasteiger partial charge >= 0.3 is 0 Å². The van der Waals surface area contributed by atoms with E-state index < -0.39 is 11.4 Å². The minimum absolute atomic E-state index is 0.0579. The van der Waals surface area contributed by atoms with Crippen LogP contribution in [0.4, 0.5) is 4.39 Å². The summed E-state index contributed by atoms with van der Waals surface area (Å²) < 4.78 is 13.0. The van der Waals surface area contributed by atoms with Crippen LogP contribution in [0.1, 0.15) is 38.9 Å². The Balaban J connectivity index is 2.17. The summed E-state index contributed by atoms with van der Waals surface area (Å²) in [6.07, 6.45) is 0.859. The average Bonchev–Trinajstić information content (AvgIpc) is 2.14. The monoisotopic (exact) mass is 236 g/mol. The van der Waals surface area contributed by atoms with Crippen molar-refractivity contribution in [3.05, 3.63) is 29.8 Å². The Morgan fingerprint density at radius 3 is 2.65 bits per heavy atom. The minimum atomic E-state index is -0.488. The van der Waals surface area contributed by atoms with E-state index in [9.17, 15) is 9.18 Å². The molecule has 0 radical (unpaired) electrons. The highest BCUT2D eigenvalue weighted by atomic mass is 19.1. The first-order chi connectivity index (χ1) is 7.89. The summed E-state index contributed by atoms with van der Waals surface area (Å²) in [5.74, 6) is -0.391. The van der Waals surface area contributed by atoms with E-state index in [1.165, 1.54) is 6.07 Å². The van der Waals surface area contributed by atoms with Gasteiger partial charge in [0.1, 0.15) is 0 Å². The SMILES string of the molecule is CC(C)(C)C(=O)N1CCC1c1cccc(F)n1. The quantitative estimate of drug-likeness (QED) is 0.702. The number of hydrogen-bond donors (Lipinski definition) is 0. The molecule has 0 aromatic carbocycles. The fraction of sp³-hybridized carbons (Fsp3) is 0.538. The number of likely N-dealkylation sites (tertiary alicyclic amines) is 1. The number of halogens is 1. The second kappa shape index (κ2) is 4.09. The molecule has 1 aliphatic rings. The van der Waals surface area contributed by atoms with Crippen molar-refractivity contribution in [3.8, 4) is 0 Å². The normalized spacial score (nSPS) is 20.0. The number of carbonyl (C=O) groups is 1. The molecule has 1 aromatic rings. The third-order valence-corrected chi connectivity index (χ3v) is 3.00. The number of pyridine rings is 1. The van der Waals surface area contributed by atoms with E-state index in [1.807, 2.05) is 20.8 Å². The van der Waals surface area contributed by atoms with Gasteiger partial charge < -0.3 is 4.90 Å². The molecule has 1 amide bonds. The Bertz CT molecular complexity index is 439. The summed E-state index contributed by atoms with van der Waals surface area (Å²) in [4.78, 5) is 17.7. The van der Waals surface area contributed by atoms with Crippen LogP contribution in [0.3, 0.4) is 0 Å². The Morgan fingerprint density at radius 2 is 2.18 bits per heavy atom. The van der Waals surface area contributed by atoms with Gasteiger partial charge in [0, 0.05) is 12.0 Å². The van der Waals surface area contributed by atoms with Crippen molar-refractivity contribution >= 4 is 5.91 Å². The van der Waals surface area contributed by atoms with Crippen LogP contribution in [-0.2, 0) is 4.79 Å². The zero-order valence-electron chi connectivity index (χ0n) is 10.4. The lowest BCUT2D eigenvalue weighted by Crippen LogP contribution is -2.49. The molecule has 1 atom stereocenters. The number of aromatic nitrogens is 1. The highest BCUT2D eigenvalue weighted by Crippen LogP contribution is 2.35. The lowest BCUT2D eigenvalue weighted by Gasteiger charge is -2.43. The van der Waals surface area contributed by atoms with Crippen LogP contribution < -0.4 is 0 Å². The van der Waals surface area contributed by atoms with Gasteiger partial charge in [-0.05, 0) is 18.6 Å². The molecule has 0 aliphatic carbocycles. The number of rotatable bonds is 1. The standard InChI is InChI=1S/C13H17FN2O/c1-13(2,3)12(17)16-8-7-10(16)9-5-4-6-11(14)15-9/h4-6,10H,7-8H2,1-3H3. The first-order valence-corrected chi connectivity index (χ1v) is 5.83. The second-order valence-corrected chi connectivity index (χ2v) is 5.44. The smallest absolute Gasteiger partial charge is 0.228 e. The van der Waals surface area contributed by atoms with Crippen LogP contribution in [0.2, 0.25) is 0 Å². The summed E-state index contributed by atoms with van der Waals surface area (Å²) in [6, 6.07) is 4.67. The molecule has 2 rings (SSSR count). The summed E-state index contributed by atoms with van der Waals surface area (Å²) in [7, 11) is 0. The van der Waals surface area contributed by atoms with Gasteiger partial charge in [0.25, 0.3) is 0 Å². The van der Waals surface area contributed by atoms with E-state index in [1.54, 1.807) is 17.0 Å². The second-order valence-electron chi connectivity index (χ2n) is 5.44. The van der Waals surface area contributed by atoms with Crippen LogP contribution in [0.5, 0.6) is 0 Å². The lowest BCUT2D eigenvalue weighted by atomic mass is 9.89.